The first-order chi connectivity index (χ1) is 9.54. The molecule has 0 radical (unpaired) electrons. The van der Waals surface area contributed by atoms with Gasteiger partial charge in [-0.25, -0.2) is 4.79 Å². The van der Waals surface area contributed by atoms with E-state index in [9.17, 15) is 14.9 Å². The van der Waals surface area contributed by atoms with Crippen LogP contribution in [0.25, 0.3) is 0 Å². The highest BCUT2D eigenvalue weighted by molar-refractivity contribution is 7.15. The summed E-state index contributed by atoms with van der Waals surface area (Å²) < 4.78 is 0. The monoisotopic (exact) mass is 292 g/mol. The highest BCUT2D eigenvalue weighted by Gasteiger charge is 2.09. The van der Waals surface area contributed by atoms with E-state index >= 15 is 0 Å². The lowest BCUT2D eigenvalue weighted by Gasteiger charge is -2.07. The second-order valence-corrected chi connectivity index (χ2v) is 5.07. The Hall–Kier alpha value is -2.61. The predicted molar refractivity (Wildman–Crippen MR) is 77.9 cm³/mol. The Morgan fingerprint density at radius 1 is 1.30 bits per heavy atom. The zero-order valence-electron chi connectivity index (χ0n) is 10.3. The van der Waals surface area contributed by atoms with E-state index in [1.807, 2.05) is 6.07 Å². The SMILES string of the molecule is NC(=O)Nc1cccc(NCc2ccc([N+](=O)[O-])s2)c1. The number of benzene rings is 1. The molecule has 1 aromatic carbocycles. The first-order valence-corrected chi connectivity index (χ1v) is 6.50. The van der Waals surface area contributed by atoms with Gasteiger partial charge in [-0.1, -0.05) is 17.4 Å². The average Bonchev–Trinajstić information content (AvgIpc) is 2.85. The molecule has 0 aliphatic heterocycles. The number of nitrogens with zero attached hydrogens (tertiary/aromatic N) is 1. The number of nitrogens with two attached hydrogens (primary N) is 1. The van der Waals surface area contributed by atoms with Crippen LogP contribution in [0.3, 0.4) is 0 Å². The molecule has 0 aliphatic carbocycles. The number of carbonyl (C=O) groups excluding carboxylic acids is 1. The topological polar surface area (TPSA) is 110 Å². The van der Waals surface area contributed by atoms with Gasteiger partial charge in [0.2, 0.25) is 0 Å². The predicted octanol–water partition coefficient (Wildman–Crippen LogP) is 2.76. The van der Waals surface area contributed by atoms with Crippen molar-refractivity contribution >= 4 is 33.7 Å². The third kappa shape index (κ3) is 3.69. The number of anilines is 2. The normalized spacial score (nSPS) is 10.0. The number of carbonyl (C=O) groups is 1. The largest absolute Gasteiger partial charge is 0.380 e. The molecule has 0 spiro atoms. The van der Waals surface area contributed by atoms with Gasteiger partial charge in [0.05, 0.1) is 4.92 Å². The molecule has 20 heavy (non-hydrogen) atoms. The van der Waals surface area contributed by atoms with E-state index in [2.05, 4.69) is 10.6 Å². The highest BCUT2D eigenvalue weighted by Crippen LogP contribution is 2.25. The smallest absolute Gasteiger partial charge is 0.324 e. The lowest BCUT2D eigenvalue weighted by Crippen LogP contribution is -2.19. The van der Waals surface area contributed by atoms with Gasteiger partial charge < -0.3 is 16.4 Å². The lowest BCUT2D eigenvalue weighted by atomic mass is 10.2. The molecule has 1 aromatic heterocycles. The fourth-order valence-corrected chi connectivity index (χ4v) is 2.36. The van der Waals surface area contributed by atoms with Crippen LogP contribution < -0.4 is 16.4 Å². The van der Waals surface area contributed by atoms with E-state index in [4.69, 9.17) is 5.73 Å². The number of thiophene rings is 1. The lowest BCUT2D eigenvalue weighted by molar-refractivity contribution is -0.380. The minimum absolute atomic E-state index is 0.117. The summed E-state index contributed by atoms with van der Waals surface area (Å²) in [4.78, 5) is 21.8. The molecule has 8 heteroatoms. The summed E-state index contributed by atoms with van der Waals surface area (Å²) >= 11 is 1.12. The summed E-state index contributed by atoms with van der Waals surface area (Å²) in [6.45, 7) is 0.471. The van der Waals surface area contributed by atoms with Gasteiger partial charge in [0.1, 0.15) is 0 Å². The molecule has 0 aliphatic rings. The van der Waals surface area contributed by atoms with Crippen LogP contribution in [0.15, 0.2) is 36.4 Å². The minimum Gasteiger partial charge on any atom is -0.380 e. The molecule has 104 valence electrons. The molecular formula is C12H12N4O3S. The van der Waals surface area contributed by atoms with Crippen LogP contribution in [-0.2, 0) is 6.54 Å². The minimum atomic E-state index is -0.629. The van der Waals surface area contributed by atoms with Crippen molar-refractivity contribution in [2.45, 2.75) is 6.54 Å². The number of nitrogens with one attached hydrogen (secondary N) is 2. The van der Waals surface area contributed by atoms with Crippen LogP contribution in [0, 0.1) is 10.1 Å². The molecule has 2 amide bonds. The number of urea groups is 1. The summed E-state index contributed by atoms with van der Waals surface area (Å²) in [7, 11) is 0. The zero-order valence-corrected chi connectivity index (χ0v) is 11.1. The molecule has 2 rings (SSSR count). The van der Waals surface area contributed by atoms with Crippen LogP contribution in [0.1, 0.15) is 4.88 Å². The third-order valence-electron chi connectivity index (χ3n) is 2.42. The maximum atomic E-state index is 10.8. The van der Waals surface area contributed by atoms with E-state index in [1.165, 1.54) is 6.07 Å². The van der Waals surface area contributed by atoms with Crippen molar-refractivity contribution in [2.24, 2.45) is 5.73 Å². The van der Waals surface area contributed by atoms with Gasteiger partial charge in [-0.2, -0.15) is 0 Å². The van der Waals surface area contributed by atoms with Crippen LogP contribution in [0.5, 0.6) is 0 Å². The van der Waals surface area contributed by atoms with Crippen molar-refractivity contribution in [1.82, 2.24) is 0 Å². The molecular weight excluding hydrogens is 280 g/mol. The molecule has 4 N–H and O–H groups in total. The van der Waals surface area contributed by atoms with Crippen LogP contribution >= 0.6 is 11.3 Å². The number of hydrogen-bond acceptors (Lipinski definition) is 5. The van der Waals surface area contributed by atoms with E-state index in [1.54, 1.807) is 24.3 Å². The fraction of sp³-hybridized carbons (Fsp3) is 0.0833. The maximum Gasteiger partial charge on any atom is 0.324 e. The first kappa shape index (κ1) is 13.8. The second-order valence-electron chi connectivity index (χ2n) is 3.92. The number of primary amides is 1. The molecule has 2 aromatic rings. The van der Waals surface area contributed by atoms with Gasteiger partial charge in [0, 0.05) is 28.9 Å². The van der Waals surface area contributed by atoms with E-state index in [-0.39, 0.29) is 5.00 Å². The van der Waals surface area contributed by atoms with Gasteiger partial charge >= 0.3 is 11.0 Å². The Kier molecular flexibility index (Phi) is 4.16. The number of nitro groups is 1. The Bertz CT molecular complexity index is 641. The quantitative estimate of drug-likeness (QED) is 0.581. The van der Waals surface area contributed by atoms with Gasteiger partial charge in [0.15, 0.2) is 0 Å². The van der Waals surface area contributed by atoms with E-state index < -0.39 is 11.0 Å². The molecule has 0 saturated heterocycles. The average molecular weight is 292 g/mol. The van der Waals surface area contributed by atoms with Gasteiger partial charge in [0.25, 0.3) is 0 Å². The van der Waals surface area contributed by atoms with Gasteiger partial charge in [-0.05, 0) is 24.3 Å². The number of hydrogen-bond donors (Lipinski definition) is 3. The highest BCUT2D eigenvalue weighted by atomic mass is 32.1. The summed E-state index contributed by atoms with van der Waals surface area (Å²) in [6.07, 6.45) is 0. The molecule has 0 bridgehead atoms. The molecule has 7 nitrogen and oxygen atoms in total. The summed E-state index contributed by atoms with van der Waals surface area (Å²) in [5.74, 6) is 0. The molecule has 0 fully saturated rings. The first-order valence-electron chi connectivity index (χ1n) is 5.68. The molecule has 1 heterocycles. The summed E-state index contributed by atoms with van der Waals surface area (Å²) in [5.41, 5.74) is 6.41. The van der Waals surface area contributed by atoms with Crippen molar-refractivity contribution < 1.29 is 9.72 Å². The van der Waals surface area contributed by atoms with Crippen LogP contribution in [-0.4, -0.2) is 11.0 Å². The second kappa shape index (κ2) is 6.02. The Morgan fingerprint density at radius 3 is 2.70 bits per heavy atom. The zero-order chi connectivity index (χ0) is 14.5. The van der Waals surface area contributed by atoms with Crippen molar-refractivity contribution in [2.75, 3.05) is 10.6 Å². The van der Waals surface area contributed by atoms with Crippen molar-refractivity contribution in [1.29, 1.82) is 0 Å². The number of rotatable bonds is 5. The summed E-state index contributed by atoms with van der Waals surface area (Å²) in [6, 6.07) is 9.60. The van der Waals surface area contributed by atoms with Crippen molar-refractivity contribution in [3.05, 3.63) is 51.4 Å². The van der Waals surface area contributed by atoms with Crippen LogP contribution in [0.4, 0.5) is 21.2 Å². The fourth-order valence-electron chi connectivity index (χ4n) is 1.60. The molecule has 0 unspecified atom stereocenters. The van der Waals surface area contributed by atoms with E-state index in [0.717, 1.165) is 21.9 Å². The Balaban J connectivity index is 1.99. The van der Waals surface area contributed by atoms with E-state index in [0.29, 0.717) is 12.2 Å². The standard InChI is InChI=1S/C12H12N4O3S/c13-12(17)15-9-3-1-2-8(6-9)14-7-10-4-5-11(20-10)16(18)19/h1-6,14H,7H2,(H3,13,15,17). The molecule has 0 saturated carbocycles. The Morgan fingerprint density at radius 2 is 2.05 bits per heavy atom. The number of amides is 2. The summed E-state index contributed by atoms with van der Waals surface area (Å²) in [5, 5.41) is 16.3. The van der Waals surface area contributed by atoms with Crippen LogP contribution in [0.2, 0.25) is 0 Å². The van der Waals surface area contributed by atoms with Crippen molar-refractivity contribution in [3.63, 3.8) is 0 Å². The third-order valence-corrected chi connectivity index (χ3v) is 3.46. The van der Waals surface area contributed by atoms with Crippen molar-refractivity contribution in [3.8, 4) is 0 Å². The van der Waals surface area contributed by atoms with Gasteiger partial charge in [-0.15, -0.1) is 0 Å². The Labute approximate surface area is 118 Å². The van der Waals surface area contributed by atoms with Gasteiger partial charge in [-0.3, -0.25) is 10.1 Å². The maximum absolute atomic E-state index is 10.8. The molecule has 0 atom stereocenters.